The van der Waals surface area contributed by atoms with Crippen LogP contribution in [0.5, 0.6) is 5.75 Å². The van der Waals surface area contributed by atoms with Crippen LogP contribution in [-0.4, -0.2) is 35.1 Å². The molecule has 8 nitrogen and oxygen atoms in total. The van der Waals surface area contributed by atoms with E-state index in [0.29, 0.717) is 11.3 Å². The van der Waals surface area contributed by atoms with Crippen molar-refractivity contribution < 1.29 is 14.7 Å². The SMILES string of the molecule is N#Cc1ccc(NC(=O)NCCNC(=O)c2ncccc2O)cc1. The van der Waals surface area contributed by atoms with Crippen LogP contribution in [0.15, 0.2) is 42.6 Å². The summed E-state index contributed by atoms with van der Waals surface area (Å²) in [6.07, 6.45) is 1.40. The van der Waals surface area contributed by atoms with E-state index in [1.54, 1.807) is 24.3 Å². The number of nitriles is 1. The summed E-state index contributed by atoms with van der Waals surface area (Å²) in [4.78, 5) is 27.2. The van der Waals surface area contributed by atoms with E-state index in [4.69, 9.17) is 5.26 Å². The highest BCUT2D eigenvalue weighted by atomic mass is 16.3. The number of aromatic hydroxyl groups is 1. The van der Waals surface area contributed by atoms with Gasteiger partial charge < -0.3 is 21.1 Å². The fourth-order valence-electron chi connectivity index (χ4n) is 1.81. The Kier molecular flexibility index (Phi) is 5.69. The molecule has 0 aliphatic heterocycles. The zero-order chi connectivity index (χ0) is 17.4. The molecule has 1 aromatic heterocycles. The molecule has 0 aliphatic carbocycles. The Balaban J connectivity index is 1.72. The summed E-state index contributed by atoms with van der Waals surface area (Å²) in [6, 6.07) is 10.8. The van der Waals surface area contributed by atoms with Gasteiger partial charge in [0.2, 0.25) is 0 Å². The maximum absolute atomic E-state index is 11.8. The minimum atomic E-state index is -0.526. The van der Waals surface area contributed by atoms with Crippen molar-refractivity contribution in [1.82, 2.24) is 15.6 Å². The van der Waals surface area contributed by atoms with Crippen LogP contribution in [0.3, 0.4) is 0 Å². The number of pyridine rings is 1. The molecule has 0 atom stereocenters. The van der Waals surface area contributed by atoms with Gasteiger partial charge in [-0.1, -0.05) is 0 Å². The van der Waals surface area contributed by atoms with Gasteiger partial charge in [-0.25, -0.2) is 9.78 Å². The van der Waals surface area contributed by atoms with E-state index in [-0.39, 0.29) is 24.5 Å². The quantitative estimate of drug-likeness (QED) is 0.614. The van der Waals surface area contributed by atoms with Gasteiger partial charge in [-0.2, -0.15) is 5.26 Å². The summed E-state index contributed by atoms with van der Waals surface area (Å²) in [6.45, 7) is 0.372. The number of nitrogens with one attached hydrogen (secondary N) is 3. The minimum absolute atomic E-state index is 0.0699. The number of hydrogen-bond acceptors (Lipinski definition) is 5. The summed E-state index contributed by atoms with van der Waals surface area (Å²) >= 11 is 0. The van der Waals surface area contributed by atoms with Crippen LogP contribution in [0, 0.1) is 11.3 Å². The van der Waals surface area contributed by atoms with Crippen molar-refractivity contribution in [3.05, 3.63) is 53.9 Å². The Morgan fingerprint density at radius 1 is 1.12 bits per heavy atom. The number of nitrogens with zero attached hydrogens (tertiary/aromatic N) is 2. The second-order valence-electron chi connectivity index (χ2n) is 4.70. The van der Waals surface area contributed by atoms with Crippen LogP contribution in [0.4, 0.5) is 10.5 Å². The van der Waals surface area contributed by atoms with Crippen LogP contribution in [0.1, 0.15) is 16.1 Å². The highest BCUT2D eigenvalue weighted by molar-refractivity contribution is 5.94. The van der Waals surface area contributed by atoms with Gasteiger partial charge in [0.15, 0.2) is 5.69 Å². The molecule has 1 heterocycles. The van der Waals surface area contributed by atoms with E-state index < -0.39 is 11.9 Å². The molecule has 0 radical (unpaired) electrons. The van der Waals surface area contributed by atoms with Gasteiger partial charge in [-0.15, -0.1) is 0 Å². The molecular weight excluding hydrogens is 310 g/mol. The lowest BCUT2D eigenvalue weighted by Gasteiger charge is -2.09. The fourth-order valence-corrected chi connectivity index (χ4v) is 1.81. The largest absolute Gasteiger partial charge is 0.505 e. The van der Waals surface area contributed by atoms with Crippen LogP contribution in [0.2, 0.25) is 0 Å². The van der Waals surface area contributed by atoms with Crippen LogP contribution in [-0.2, 0) is 0 Å². The number of carbonyl (C=O) groups is 2. The van der Waals surface area contributed by atoms with Crippen LogP contribution in [0.25, 0.3) is 0 Å². The molecule has 24 heavy (non-hydrogen) atoms. The molecule has 1 aromatic carbocycles. The lowest BCUT2D eigenvalue weighted by atomic mass is 10.2. The van der Waals surface area contributed by atoms with Crippen molar-refractivity contribution in [1.29, 1.82) is 5.26 Å². The van der Waals surface area contributed by atoms with E-state index in [1.807, 2.05) is 6.07 Å². The first kappa shape index (κ1) is 16.8. The molecule has 3 amide bonds. The van der Waals surface area contributed by atoms with Crippen molar-refractivity contribution in [2.24, 2.45) is 0 Å². The maximum atomic E-state index is 11.8. The molecule has 2 aromatic rings. The Hall–Kier alpha value is -3.60. The van der Waals surface area contributed by atoms with E-state index in [9.17, 15) is 14.7 Å². The number of aromatic nitrogens is 1. The monoisotopic (exact) mass is 325 g/mol. The predicted molar refractivity (Wildman–Crippen MR) is 86.4 cm³/mol. The Bertz CT molecular complexity index is 768. The average Bonchev–Trinajstić information content (AvgIpc) is 2.59. The van der Waals surface area contributed by atoms with Crippen molar-refractivity contribution >= 4 is 17.6 Å². The summed E-state index contributed by atoms with van der Waals surface area (Å²) < 4.78 is 0. The molecule has 0 saturated heterocycles. The van der Waals surface area contributed by atoms with Gasteiger partial charge in [0.1, 0.15) is 5.75 Å². The zero-order valence-corrected chi connectivity index (χ0v) is 12.6. The molecule has 0 spiro atoms. The number of benzene rings is 1. The fraction of sp³-hybridized carbons (Fsp3) is 0.125. The molecule has 122 valence electrons. The second-order valence-corrected chi connectivity index (χ2v) is 4.70. The molecule has 4 N–H and O–H groups in total. The number of amides is 3. The van der Waals surface area contributed by atoms with Gasteiger partial charge >= 0.3 is 6.03 Å². The Morgan fingerprint density at radius 2 is 1.83 bits per heavy atom. The van der Waals surface area contributed by atoms with Gasteiger partial charge in [0.25, 0.3) is 5.91 Å². The highest BCUT2D eigenvalue weighted by Crippen LogP contribution is 2.11. The van der Waals surface area contributed by atoms with Gasteiger partial charge in [-0.05, 0) is 36.4 Å². The third kappa shape index (κ3) is 4.71. The molecule has 0 fully saturated rings. The van der Waals surface area contributed by atoms with Crippen molar-refractivity contribution in [2.45, 2.75) is 0 Å². The molecular formula is C16H15N5O3. The summed E-state index contributed by atoms with van der Waals surface area (Å²) in [5.41, 5.74) is 0.981. The van der Waals surface area contributed by atoms with Crippen molar-refractivity contribution in [3.8, 4) is 11.8 Å². The topological polar surface area (TPSA) is 127 Å². The standard InChI is InChI=1S/C16H15N5O3/c17-10-11-3-5-12(6-4-11)21-16(24)20-9-8-19-15(23)14-13(22)2-1-7-18-14/h1-7,22H,8-9H2,(H,19,23)(H2,20,21,24). The average molecular weight is 325 g/mol. The van der Waals surface area contributed by atoms with Gasteiger partial charge in [0.05, 0.1) is 11.6 Å². The normalized spacial score (nSPS) is 9.62. The highest BCUT2D eigenvalue weighted by Gasteiger charge is 2.11. The van der Waals surface area contributed by atoms with E-state index in [0.717, 1.165) is 0 Å². The molecule has 0 unspecified atom stereocenters. The number of hydrogen-bond donors (Lipinski definition) is 4. The van der Waals surface area contributed by atoms with Gasteiger partial charge in [0, 0.05) is 25.0 Å². The number of urea groups is 1. The second kappa shape index (κ2) is 8.14. The third-order valence-electron chi connectivity index (χ3n) is 2.97. The number of anilines is 1. The molecule has 2 rings (SSSR count). The summed E-state index contributed by atoms with van der Waals surface area (Å²) in [5, 5.41) is 25.9. The first-order chi connectivity index (χ1) is 11.6. The Labute approximate surface area is 138 Å². The van der Waals surface area contributed by atoms with Crippen molar-refractivity contribution in [2.75, 3.05) is 18.4 Å². The lowest BCUT2D eigenvalue weighted by molar-refractivity contribution is 0.0946. The summed E-state index contributed by atoms with van der Waals surface area (Å²) in [5.74, 6) is -0.732. The third-order valence-corrected chi connectivity index (χ3v) is 2.97. The number of rotatable bonds is 5. The first-order valence-corrected chi connectivity index (χ1v) is 7.07. The number of carbonyl (C=O) groups excluding carboxylic acids is 2. The molecule has 8 heteroatoms. The zero-order valence-electron chi connectivity index (χ0n) is 12.6. The van der Waals surface area contributed by atoms with E-state index in [1.165, 1.54) is 18.3 Å². The maximum Gasteiger partial charge on any atom is 0.319 e. The van der Waals surface area contributed by atoms with Crippen LogP contribution < -0.4 is 16.0 Å². The van der Waals surface area contributed by atoms with Crippen LogP contribution >= 0.6 is 0 Å². The first-order valence-electron chi connectivity index (χ1n) is 7.07. The molecule has 0 aliphatic rings. The predicted octanol–water partition coefficient (Wildman–Crippen LogP) is 1.21. The molecule has 0 bridgehead atoms. The lowest BCUT2D eigenvalue weighted by Crippen LogP contribution is -2.37. The van der Waals surface area contributed by atoms with E-state index in [2.05, 4.69) is 20.9 Å². The smallest absolute Gasteiger partial charge is 0.319 e. The van der Waals surface area contributed by atoms with Crippen molar-refractivity contribution in [3.63, 3.8) is 0 Å². The summed E-state index contributed by atoms with van der Waals surface area (Å²) in [7, 11) is 0. The molecule has 0 saturated carbocycles. The Morgan fingerprint density at radius 3 is 2.50 bits per heavy atom. The minimum Gasteiger partial charge on any atom is -0.505 e. The van der Waals surface area contributed by atoms with Gasteiger partial charge in [-0.3, -0.25) is 4.79 Å². The van der Waals surface area contributed by atoms with E-state index >= 15 is 0 Å².